The second kappa shape index (κ2) is 6.47. The van der Waals surface area contributed by atoms with Crippen molar-refractivity contribution >= 4 is 5.65 Å². The van der Waals surface area contributed by atoms with E-state index in [0.29, 0.717) is 0 Å². The molecule has 0 saturated carbocycles. The van der Waals surface area contributed by atoms with Gasteiger partial charge in [0, 0.05) is 20.2 Å². The zero-order chi connectivity index (χ0) is 12.8. The zero-order valence-corrected chi connectivity index (χ0v) is 11.0. The summed E-state index contributed by atoms with van der Waals surface area (Å²) >= 11 is 0. The molecule has 98 valence electrons. The number of methoxy groups -OCH3 is 1. The normalized spacial score (nSPS) is 11.5. The second-order valence-corrected chi connectivity index (χ2v) is 4.32. The summed E-state index contributed by atoms with van der Waals surface area (Å²) in [7, 11) is 1.74. The second-order valence-electron chi connectivity index (χ2n) is 4.32. The van der Waals surface area contributed by atoms with Gasteiger partial charge < -0.3 is 4.74 Å². The van der Waals surface area contributed by atoms with Crippen LogP contribution in [0.2, 0.25) is 0 Å². The standard InChI is InChI=1S/C13H20N4O/c1-3-7-16(8-9-18-2)10-12-5-4-6-13-14-11-15-17(12)13/h4-6,11H,3,7-10H2,1-2H3. The average Bonchev–Trinajstić information content (AvgIpc) is 2.85. The van der Waals surface area contributed by atoms with Crippen LogP contribution in [-0.4, -0.2) is 46.3 Å². The van der Waals surface area contributed by atoms with Gasteiger partial charge in [-0.15, -0.1) is 0 Å². The van der Waals surface area contributed by atoms with E-state index in [4.69, 9.17) is 4.74 Å². The van der Waals surface area contributed by atoms with Gasteiger partial charge in [-0.25, -0.2) is 9.50 Å². The van der Waals surface area contributed by atoms with E-state index in [1.807, 2.05) is 16.6 Å². The smallest absolute Gasteiger partial charge is 0.155 e. The number of pyridine rings is 1. The van der Waals surface area contributed by atoms with Crippen LogP contribution in [0.4, 0.5) is 0 Å². The summed E-state index contributed by atoms with van der Waals surface area (Å²) in [6.07, 6.45) is 2.73. The van der Waals surface area contributed by atoms with Crippen molar-refractivity contribution in [1.82, 2.24) is 19.5 Å². The van der Waals surface area contributed by atoms with Gasteiger partial charge in [0.25, 0.3) is 0 Å². The summed E-state index contributed by atoms with van der Waals surface area (Å²) in [6.45, 7) is 5.82. The van der Waals surface area contributed by atoms with Gasteiger partial charge in [-0.05, 0) is 25.1 Å². The molecule has 0 unspecified atom stereocenters. The van der Waals surface area contributed by atoms with Crippen LogP contribution >= 0.6 is 0 Å². The Morgan fingerprint density at radius 2 is 2.22 bits per heavy atom. The molecular formula is C13H20N4O. The highest BCUT2D eigenvalue weighted by Gasteiger charge is 2.08. The molecule has 0 aliphatic heterocycles. The first-order chi connectivity index (χ1) is 8.85. The Labute approximate surface area is 107 Å². The van der Waals surface area contributed by atoms with Crippen LogP contribution in [0.5, 0.6) is 0 Å². The highest BCUT2D eigenvalue weighted by atomic mass is 16.5. The highest BCUT2D eigenvalue weighted by Crippen LogP contribution is 2.07. The molecule has 2 rings (SSSR count). The van der Waals surface area contributed by atoms with Gasteiger partial charge in [-0.3, -0.25) is 4.90 Å². The summed E-state index contributed by atoms with van der Waals surface area (Å²) in [4.78, 5) is 6.58. The van der Waals surface area contributed by atoms with Gasteiger partial charge in [0.1, 0.15) is 6.33 Å². The van der Waals surface area contributed by atoms with Gasteiger partial charge in [-0.2, -0.15) is 5.10 Å². The molecule has 0 aliphatic rings. The van der Waals surface area contributed by atoms with Gasteiger partial charge in [0.05, 0.1) is 12.3 Å². The van der Waals surface area contributed by atoms with Crippen LogP contribution in [0, 0.1) is 0 Å². The van der Waals surface area contributed by atoms with Crippen LogP contribution in [0.1, 0.15) is 19.0 Å². The predicted octanol–water partition coefficient (Wildman–Crippen LogP) is 1.59. The predicted molar refractivity (Wildman–Crippen MR) is 70.4 cm³/mol. The molecule has 0 atom stereocenters. The highest BCUT2D eigenvalue weighted by molar-refractivity contribution is 5.37. The minimum Gasteiger partial charge on any atom is -0.383 e. The average molecular weight is 248 g/mol. The SMILES string of the molecule is CCCN(CCOC)Cc1cccc2ncnn12. The van der Waals surface area contributed by atoms with Crippen molar-refractivity contribution in [2.75, 3.05) is 26.8 Å². The van der Waals surface area contributed by atoms with E-state index in [-0.39, 0.29) is 0 Å². The molecular weight excluding hydrogens is 228 g/mol. The third-order valence-electron chi connectivity index (χ3n) is 2.92. The van der Waals surface area contributed by atoms with Crippen molar-refractivity contribution in [3.63, 3.8) is 0 Å². The van der Waals surface area contributed by atoms with Gasteiger partial charge >= 0.3 is 0 Å². The van der Waals surface area contributed by atoms with E-state index in [9.17, 15) is 0 Å². The fourth-order valence-electron chi connectivity index (χ4n) is 2.06. The summed E-state index contributed by atoms with van der Waals surface area (Å²) < 4.78 is 7.05. The first kappa shape index (κ1) is 13.0. The van der Waals surface area contributed by atoms with Crippen LogP contribution < -0.4 is 0 Å². The largest absolute Gasteiger partial charge is 0.383 e. The number of hydrogen-bond acceptors (Lipinski definition) is 4. The molecule has 0 spiro atoms. The third kappa shape index (κ3) is 3.05. The number of nitrogens with zero attached hydrogens (tertiary/aromatic N) is 4. The molecule has 0 radical (unpaired) electrons. The molecule has 0 aliphatic carbocycles. The maximum absolute atomic E-state index is 5.15. The Bertz CT molecular complexity index is 483. The minimum absolute atomic E-state index is 0.757. The van der Waals surface area contributed by atoms with E-state index in [1.165, 1.54) is 0 Å². The molecule has 5 nitrogen and oxygen atoms in total. The molecule has 5 heteroatoms. The number of hydrogen-bond donors (Lipinski definition) is 0. The first-order valence-electron chi connectivity index (χ1n) is 6.34. The Hall–Kier alpha value is -1.46. The number of rotatable bonds is 7. The van der Waals surface area contributed by atoms with Crippen molar-refractivity contribution in [3.8, 4) is 0 Å². The Morgan fingerprint density at radius 1 is 1.33 bits per heavy atom. The molecule has 0 saturated heterocycles. The van der Waals surface area contributed by atoms with E-state index >= 15 is 0 Å². The maximum Gasteiger partial charge on any atom is 0.155 e. The molecule has 0 aromatic carbocycles. The van der Waals surface area contributed by atoms with Crippen molar-refractivity contribution in [3.05, 3.63) is 30.2 Å². The van der Waals surface area contributed by atoms with Gasteiger partial charge in [-0.1, -0.05) is 13.0 Å². The first-order valence-corrected chi connectivity index (χ1v) is 6.34. The zero-order valence-electron chi connectivity index (χ0n) is 11.0. The molecule has 2 heterocycles. The van der Waals surface area contributed by atoms with Crippen LogP contribution in [0.25, 0.3) is 5.65 Å². The third-order valence-corrected chi connectivity index (χ3v) is 2.92. The van der Waals surface area contributed by atoms with E-state index in [2.05, 4.69) is 28.0 Å². The lowest BCUT2D eigenvalue weighted by Crippen LogP contribution is -2.28. The van der Waals surface area contributed by atoms with E-state index < -0.39 is 0 Å². The van der Waals surface area contributed by atoms with Crippen molar-refractivity contribution in [1.29, 1.82) is 0 Å². The van der Waals surface area contributed by atoms with Crippen molar-refractivity contribution in [2.45, 2.75) is 19.9 Å². The molecule has 0 amide bonds. The van der Waals surface area contributed by atoms with Crippen LogP contribution in [-0.2, 0) is 11.3 Å². The summed E-state index contributed by atoms with van der Waals surface area (Å²) in [5.74, 6) is 0. The summed E-state index contributed by atoms with van der Waals surface area (Å²) in [5.41, 5.74) is 2.06. The molecule has 0 N–H and O–H groups in total. The minimum atomic E-state index is 0.757. The number of ether oxygens (including phenoxy) is 1. The lowest BCUT2D eigenvalue weighted by molar-refractivity contribution is 0.143. The lowest BCUT2D eigenvalue weighted by Gasteiger charge is -2.21. The maximum atomic E-state index is 5.15. The monoisotopic (exact) mass is 248 g/mol. The van der Waals surface area contributed by atoms with E-state index in [1.54, 1.807) is 13.4 Å². The fourth-order valence-corrected chi connectivity index (χ4v) is 2.06. The Kier molecular flexibility index (Phi) is 4.66. The topological polar surface area (TPSA) is 42.7 Å². The van der Waals surface area contributed by atoms with Crippen molar-refractivity contribution < 1.29 is 4.74 Å². The molecule has 0 bridgehead atoms. The summed E-state index contributed by atoms with van der Waals surface area (Å²) in [5, 5.41) is 4.26. The quantitative estimate of drug-likeness (QED) is 0.746. The van der Waals surface area contributed by atoms with Crippen LogP contribution in [0.3, 0.4) is 0 Å². The van der Waals surface area contributed by atoms with Crippen LogP contribution in [0.15, 0.2) is 24.5 Å². The molecule has 18 heavy (non-hydrogen) atoms. The molecule has 2 aromatic heterocycles. The Balaban J connectivity index is 2.12. The van der Waals surface area contributed by atoms with Crippen molar-refractivity contribution in [2.24, 2.45) is 0 Å². The number of aromatic nitrogens is 3. The molecule has 0 fully saturated rings. The lowest BCUT2D eigenvalue weighted by atomic mass is 10.3. The molecule has 2 aromatic rings. The van der Waals surface area contributed by atoms with E-state index in [0.717, 1.165) is 44.0 Å². The fraction of sp³-hybridized carbons (Fsp3) is 0.538. The number of fused-ring (bicyclic) bond motifs is 1. The van der Waals surface area contributed by atoms with Gasteiger partial charge in [0.15, 0.2) is 5.65 Å². The van der Waals surface area contributed by atoms with Gasteiger partial charge in [0.2, 0.25) is 0 Å². The summed E-state index contributed by atoms with van der Waals surface area (Å²) in [6, 6.07) is 6.09. The Morgan fingerprint density at radius 3 is 3.00 bits per heavy atom.